The highest BCUT2D eigenvalue weighted by Crippen LogP contribution is 2.31. The molecule has 0 spiro atoms. The third-order valence-electron chi connectivity index (χ3n) is 5.82. The van der Waals surface area contributed by atoms with E-state index in [1.54, 1.807) is 18.2 Å². The minimum absolute atomic E-state index is 0.0254. The van der Waals surface area contributed by atoms with E-state index in [9.17, 15) is 9.18 Å². The van der Waals surface area contributed by atoms with E-state index in [4.69, 9.17) is 0 Å². The second kappa shape index (κ2) is 9.57. The van der Waals surface area contributed by atoms with E-state index < -0.39 is 0 Å². The molecular weight excluding hydrogens is 387 g/mol. The monoisotopic (exact) mass is 416 g/mol. The van der Waals surface area contributed by atoms with Gasteiger partial charge in [-0.05, 0) is 49.4 Å². The summed E-state index contributed by atoms with van der Waals surface area (Å²) in [5.74, 6) is 1.48. The van der Waals surface area contributed by atoms with Gasteiger partial charge in [0.15, 0.2) is 11.0 Å². The normalized spacial score (nSPS) is 22.8. The standard InChI is InChI=1S/C22H29FN4OS/c1-5-13-27-20(17-9-11-18(23)12-10-17)25-26-22(27)29-16(4)21(28)24-19-8-6-7-14(2)15(19)3/h5,9-12,14-16,19H,1,6-8,13H2,2-4H3,(H,24,28)/t14-,15+,16+,19-/m0/s1. The molecule has 1 saturated carbocycles. The van der Waals surface area contributed by atoms with Crippen LogP contribution in [0.25, 0.3) is 11.4 Å². The van der Waals surface area contributed by atoms with Crippen molar-refractivity contribution in [3.63, 3.8) is 0 Å². The number of nitrogens with zero attached hydrogens (tertiary/aromatic N) is 3. The fourth-order valence-electron chi connectivity index (χ4n) is 3.78. The first-order valence-electron chi connectivity index (χ1n) is 10.2. The van der Waals surface area contributed by atoms with Crippen molar-refractivity contribution in [1.82, 2.24) is 20.1 Å². The lowest BCUT2D eigenvalue weighted by atomic mass is 9.78. The van der Waals surface area contributed by atoms with Crippen LogP contribution in [0, 0.1) is 17.7 Å². The molecule has 1 heterocycles. The minimum atomic E-state index is -0.298. The van der Waals surface area contributed by atoms with E-state index >= 15 is 0 Å². The zero-order chi connectivity index (χ0) is 21.0. The predicted octanol–water partition coefficient (Wildman–Crippen LogP) is 4.69. The molecule has 1 aliphatic carbocycles. The van der Waals surface area contributed by atoms with Crippen LogP contribution >= 0.6 is 11.8 Å². The van der Waals surface area contributed by atoms with E-state index in [-0.39, 0.29) is 23.0 Å². The summed E-state index contributed by atoms with van der Waals surface area (Å²) in [6, 6.07) is 6.38. The second-order valence-corrected chi connectivity index (χ2v) is 9.16. The Kier molecular flexibility index (Phi) is 7.11. The van der Waals surface area contributed by atoms with Crippen molar-refractivity contribution in [3.8, 4) is 11.4 Å². The topological polar surface area (TPSA) is 59.8 Å². The highest BCUT2D eigenvalue weighted by Gasteiger charge is 2.30. The molecule has 1 N–H and O–H groups in total. The first-order valence-corrected chi connectivity index (χ1v) is 11.1. The average molecular weight is 417 g/mol. The summed E-state index contributed by atoms with van der Waals surface area (Å²) in [7, 11) is 0. The summed E-state index contributed by atoms with van der Waals surface area (Å²) < 4.78 is 15.2. The van der Waals surface area contributed by atoms with Gasteiger partial charge in [0.1, 0.15) is 5.82 Å². The van der Waals surface area contributed by atoms with Crippen LogP contribution in [0.3, 0.4) is 0 Å². The first kappa shape index (κ1) is 21.6. The number of benzene rings is 1. The van der Waals surface area contributed by atoms with Gasteiger partial charge in [0.2, 0.25) is 5.91 Å². The van der Waals surface area contributed by atoms with Crippen molar-refractivity contribution >= 4 is 17.7 Å². The van der Waals surface area contributed by atoms with Crippen LogP contribution in [0.2, 0.25) is 0 Å². The van der Waals surface area contributed by atoms with Gasteiger partial charge in [-0.25, -0.2) is 4.39 Å². The molecule has 0 bridgehead atoms. The van der Waals surface area contributed by atoms with Gasteiger partial charge >= 0.3 is 0 Å². The lowest BCUT2D eigenvalue weighted by molar-refractivity contribution is -0.121. The maximum absolute atomic E-state index is 13.3. The van der Waals surface area contributed by atoms with Crippen molar-refractivity contribution in [1.29, 1.82) is 0 Å². The zero-order valence-electron chi connectivity index (χ0n) is 17.3. The van der Waals surface area contributed by atoms with Crippen LogP contribution in [0.4, 0.5) is 4.39 Å². The molecule has 156 valence electrons. The quantitative estimate of drug-likeness (QED) is 0.525. The molecule has 0 aliphatic heterocycles. The maximum Gasteiger partial charge on any atom is 0.233 e. The number of hydrogen-bond acceptors (Lipinski definition) is 4. The molecule has 0 radical (unpaired) electrons. The van der Waals surface area contributed by atoms with Crippen LogP contribution in [0.5, 0.6) is 0 Å². The third-order valence-corrected chi connectivity index (χ3v) is 6.90. The van der Waals surface area contributed by atoms with Gasteiger partial charge in [0.05, 0.1) is 5.25 Å². The Morgan fingerprint density at radius 2 is 2.07 bits per heavy atom. The summed E-state index contributed by atoms with van der Waals surface area (Å²) in [5, 5.41) is 12.1. The first-order chi connectivity index (χ1) is 13.9. The van der Waals surface area contributed by atoms with E-state index in [2.05, 4.69) is 35.9 Å². The Morgan fingerprint density at radius 1 is 1.34 bits per heavy atom. The van der Waals surface area contributed by atoms with E-state index in [1.165, 1.54) is 30.3 Å². The van der Waals surface area contributed by atoms with Crippen LogP contribution in [0.1, 0.15) is 40.0 Å². The number of aromatic nitrogens is 3. The van der Waals surface area contributed by atoms with Crippen molar-refractivity contribution < 1.29 is 9.18 Å². The lowest BCUT2D eigenvalue weighted by Gasteiger charge is -2.35. The number of carbonyl (C=O) groups excluding carboxylic acids is 1. The number of carbonyl (C=O) groups is 1. The summed E-state index contributed by atoms with van der Waals surface area (Å²) >= 11 is 1.38. The van der Waals surface area contributed by atoms with Crippen LogP contribution in [0.15, 0.2) is 42.1 Å². The van der Waals surface area contributed by atoms with Crippen LogP contribution < -0.4 is 5.32 Å². The fraction of sp³-hybridized carbons (Fsp3) is 0.500. The van der Waals surface area contributed by atoms with E-state index in [1.807, 2.05) is 11.5 Å². The van der Waals surface area contributed by atoms with Crippen LogP contribution in [-0.2, 0) is 11.3 Å². The number of halogens is 1. The molecule has 7 heteroatoms. The Labute approximate surface area is 176 Å². The Bertz CT molecular complexity index is 851. The van der Waals surface area contributed by atoms with Crippen molar-refractivity contribution in [3.05, 3.63) is 42.7 Å². The molecule has 1 fully saturated rings. The molecule has 5 nitrogen and oxygen atoms in total. The molecule has 0 unspecified atom stereocenters. The zero-order valence-corrected chi connectivity index (χ0v) is 18.1. The van der Waals surface area contributed by atoms with Crippen molar-refractivity contribution in [2.24, 2.45) is 11.8 Å². The van der Waals surface area contributed by atoms with Crippen molar-refractivity contribution in [2.75, 3.05) is 0 Å². The smallest absolute Gasteiger partial charge is 0.233 e. The van der Waals surface area contributed by atoms with Gasteiger partial charge in [0, 0.05) is 18.2 Å². The number of allylic oxidation sites excluding steroid dienone is 1. The number of rotatable bonds is 7. The summed E-state index contributed by atoms with van der Waals surface area (Å²) in [4.78, 5) is 12.8. The molecule has 2 aromatic rings. The van der Waals surface area contributed by atoms with E-state index in [0.29, 0.717) is 29.4 Å². The van der Waals surface area contributed by atoms with Gasteiger partial charge in [-0.3, -0.25) is 9.36 Å². The van der Waals surface area contributed by atoms with Gasteiger partial charge < -0.3 is 5.32 Å². The molecule has 1 aliphatic rings. The molecule has 29 heavy (non-hydrogen) atoms. The second-order valence-electron chi connectivity index (χ2n) is 7.85. The Hall–Kier alpha value is -2.15. The molecule has 1 aromatic heterocycles. The maximum atomic E-state index is 13.3. The van der Waals surface area contributed by atoms with Gasteiger partial charge in [-0.2, -0.15) is 0 Å². The van der Waals surface area contributed by atoms with Crippen LogP contribution in [-0.4, -0.2) is 32.0 Å². The molecule has 1 amide bonds. The van der Waals surface area contributed by atoms with Crippen molar-refractivity contribution in [2.45, 2.75) is 63.0 Å². The highest BCUT2D eigenvalue weighted by atomic mass is 32.2. The van der Waals surface area contributed by atoms with E-state index in [0.717, 1.165) is 18.4 Å². The average Bonchev–Trinajstić information content (AvgIpc) is 3.08. The summed E-state index contributed by atoms with van der Waals surface area (Å²) in [6.45, 7) is 10.7. The minimum Gasteiger partial charge on any atom is -0.352 e. The molecule has 4 atom stereocenters. The summed E-state index contributed by atoms with van der Waals surface area (Å²) in [6.07, 6.45) is 5.19. The predicted molar refractivity (Wildman–Crippen MR) is 115 cm³/mol. The number of nitrogens with one attached hydrogen (secondary N) is 1. The number of hydrogen-bond donors (Lipinski definition) is 1. The Morgan fingerprint density at radius 3 is 2.76 bits per heavy atom. The molecule has 3 rings (SSSR count). The Balaban J connectivity index is 1.72. The largest absolute Gasteiger partial charge is 0.352 e. The molecule has 0 saturated heterocycles. The lowest BCUT2D eigenvalue weighted by Crippen LogP contribution is -2.46. The number of amides is 1. The third kappa shape index (κ3) is 5.07. The van der Waals surface area contributed by atoms with Gasteiger partial charge in [0.25, 0.3) is 0 Å². The highest BCUT2D eigenvalue weighted by molar-refractivity contribution is 8.00. The summed E-state index contributed by atoms with van der Waals surface area (Å²) in [5.41, 5.74) is 0.773. The molecule has 1 aromatic carbocycles. The SMILES string of the molecule is C=CCn1c(S[C@H](C)C(=O)N[C@H]2CCC[C@H](C)[C@H]2C)nnc1-c1ccc(F)cc1. The van der Waals surface area contributed by atoms with Gasteiger partial charge in [-0.15, -0.1) is 16.8 Å². The van der Waals surface area contributed by atoms with Gasteiger partial charge in [-0.1, -0.05) is 44.5 Å². The molecular formula is C22H29FN4OS. The number of thioether (sulfide) groups is 1. The fourth-order valence-corrected chi connectivity index (χ4v) is 4.65.